The molecule has 8 heteroatoms. The highest BCUT2D eigenvalue weighted by Crippen LogP contribution is 2.46. The van der Waals surface area contributed by atoms with Gasteiger partial charge in [0.2, 0.25) is 0 Å². The Morgan fingerprint density at radius 1 is 1.16 bits per heavy atom. The quantitative estimate of drug-likeness (QED) is 0.420. The molecule has 0 bridgehead atoms. The SMILES string of the molecule is CC1(C)O[C@@H]2[C@@H](COCc3ccccc3)O[C@@H](C#Cc3ccccc3[N+](=O)[O-])[C@]2(CO)O1. The Bertz CT molecular complexity index is 1030. The minimum absolute atomic E-state index is 0.0979. The van der Waals surface area contributed by atoms with Gasteiger partial charge in [0, 0.05) is 6.07 Å². The number of hydrogen-bond acceptors (Lipinski definition) is 7. The molecule has 0 amide bonds. The van der Waals surface area contributed by atoms with Crippen molar-refractivity contribution in [3.8, 4) is 11.8 Å². The van der Waals surface area contributed by atoms with E-state index in [1.807, 2.05) is 30.3 Å². The van der Waals surface area contributed by atoms with Crippen LogP contribution in [0.15, 0.2) is 54.6 Å². The summed E-state index contributed by atoms with van der Waals surface area (Å²) in [7, 11) is 0. The van der Waals surface area contributed by atoms with Gasteiger partial charge in [0.1, 0.15) is 17.8 Å². The highest BCUT2D eigenvalue weighted by Gasteiger charge is 2.65. The standard InChI is InChI=1S/C24H25NO7/c1-23(2)31-22-20(15-29-14-17-8-4-3-5-9-17)30-21(24(22,16-26)32-23)13-12-18-10-6-7-11-19(18)25(27)28/h3-11,20-22,26H,14-16H2,1-2H3/t20-,21+,22-,24+/m1/s1. The van der Waals surface area contributed by atoms with E-state index in [2.05, 4.69) is 11.8 Å². The van der Waals surface area contributed by atoms with E-state index < -0.39 is 34.6 Å². The fourth-order valence-corrected chi connectivity index (χ4v) is 4.14. The largest absolute Gasteiger partial charge is 0.393 e. The molecule has 2 heterocycles. The fraction of sp³-hybridized carbons (Fsp3) is 0.417. The molecule has 2 fully saturated rings. The van der Waals surface area contributed by atoms with Gasteiger partial charge in [-0.3, -0.25) is 10.1 Å². The molecule has 32 heavy (non-hydrogen) atoms. The summed E-state index contributed by atoms with van der Waals surface area (Å²) in [5.74, 6) is 4.82. The van der Waals surface area contributed by atoms with Crippen molar-refractivity contribution < 1.29 is 29.0 Å². The van der Waals surface area contributed by atoms with Crippen LogP contribution < -0.4 is 0 Å². The third-order valence-electron chi connectivity index (χ3n) is 5.50. The van der Waals surface area contributed by atoms with Crippen LogP contribution in [0.5, 0.6) is 0 Å². The van der Waals surface area contributed by atoms with Crippen LogP contribution in [-0.4, -0.2) is 52.9 Å². The summed E-state index contributed by atoms with van der Waals surface area (Å²) >= 11 is 0. The Kier molecular flexibility index (Phi) is 6.29. The van der Waals surface area contributed by atoms with Crippen molar-refractivity contribution in [2.24, 2.45) is 0 Å². The maximum Gasteiger partial charge on any atom is 0.284 e. The summed E-state index contributed by atoms with van der Waals surface area (Å²) < 4.78 is 24.1. The lowest BCUT2D eigenvalue weighted by Gasteiger charge is -2.28. The molecule has 4 atom stereocenters. The Labute approximate surface area is 186 Å². The number of fused-ring (bicyclic) bond motifs is 1. The molecule has 0 radical (unpaired) electrons. The molecule has 0 spiro atoms. The van der Waals surface area contributed by atoms with Gasteiger partial charge in [-0.15, -0.1) is 0 Å². The van der Waals surface area contributed by atoms with Crippen LogP contribution in [0.2, 0.25) is 0 Å². The molecule has 168 valence electrons. The molecule has 8 nitrogen and oxygen atoms in total. The van der Waals surface area contributed by atoms with Gasteiger partial charge in [-0.2, -0.15) is 0 Å². The number of benzene rings is 2. The smallest absolute Gasteiger partial charge is 0.284 e. The Morgan fingerprint density at radius 3 is 2.59 bits per heavy atom. The molecule has 0 aliphatic carbocycles. The average molecular weight is 439 g/mol. The summed E-state index contributed by atoms with van der Waals surface area (Å²) in [6, 6.07) is 16.0. The van der Waals surface area contributed by atoms with Crippen LogP contribution in [0.1, 0.15) is 25.0 Å². The molecule has 2 aromatic rings. The summed E-state index contributed by atoms with van der Waals surface area (Å²) in [4.78, 5) is 10.8. The molecule has 0 unspecified atom stereocenters. The maximum absolute atomic E-state index is 11.3. The number of ether oxygens (including phenoxy) is 4. The lowest BCUT2D eigenvalue weighted by molar-refractivity contribution is -0.385. The number of aliphatic hydroxyl groups is 1. The van der Waals surface area contributed by atoms with E-state index in [9.17, 15) is 15.2 Å². The molecule has 2 aliphatic rings. The lowest BCUT2D eigenvalue weighted by Crippen LogP contribution is -2.50. The zero-order chi connectivity index (χ0) is 22.8. The van der Waals surface area contributed by atoms with E-state index in [4.69, 9.17) is 18.9 Å². The van der Waals surface area contributed by atoms with Gasteiger partial charge >= 0.3 is 0 Å². The normalized spacial score (nSPS) is 28.0. The first kappa shape index (κ1) is 22.4. The molecular formula is C24H25NO7. The Morgan fingerprint density at radius 2 is 1.88 bits per heavy atom. The highest BCUT2D eigenvalue weighted by molar-refractivity contribution is 5.51. The minimum atomic E-state index is -1.22. The first-order valence-electron chi connectivity index (χ1n) is 10.4. The fourth-order valence-electron chi connectivity index (χ4n) is 4.14. The van der Waals surface area contributed by atoms with Gasteiger partial charge in [-0.05, 0) is 25.5 Å². The minimum Gasteiger partial charge on any atom is -0.393 e. The molecular weight excluding hydrogens is 414 g/mol. The van der Waals surface area contributed by atoms with Crippen LogP contribution >= 0.6 is 0 Å². The summed E-state index contributed by atoms with van der Waals surface area (Å²) in [5.41, 5.74) is -0.0385. The number of rotatable bonds is 6. The van der Waals surface area contributed by atoms with Crippen LogP contribution in [-0.2, 0) is 25.6 Å². The van der Waals surface area contributed by atoms with Gasteiger partial charge in [0.05, 0.1) is 24.7 Å². The predicted octanol–water partition coefficient (Wildman–Crippen LogP) is 2.81. The topological polar surface area (TPSA) is 100 Å². The molecule has 1 N–H and O–H groups in total. The molecule has 0 aromatic heterocycles. The lowest BCUT2D eigenvalue weighted by atomic mass is 9.91. The summed E-state index contributed by atoms with van der Waals surface area (Å²) in [6.45, 7) is 3.75. The van der Waals surface area contributed by atoms with Crippen molar-refractivity contribution in [1.29, 1.82) is 0 Å². The molecule has 4 rings (SSSR count). The van der Waals surface area contributed by atoms with Crippen LogP contribution in [0.4, 0.5) is 5.69 Å². The molecule has 2 aliphatic heterocycles. The molecule has 2 saturated heterocycles. The van der Waals surface area contributed by atoms with Gasteiger partial charge in [0.25, 0.3) is 5.69 Å². The van der Waals surface area contributed by atoms with Crippen molar-refractivity contribution in [1.82, 2.24) is 0 Å². The maximum atomic E-state index is 11.3. The van der Waals surface area contributed by atoms with Crippen molar-refractivity contribution in [3.63, 3.8) is 0 Å². The zero-order valence-electron chi connectivity index (χ0n) is 17.9. The number of nitro groups is 1. The average Bonchev–Trinajstić information content (AvgIpc) is 3.21. The first-order chi connectivity index (χ1) is 15.3. The number of nitrogens with zero attached hydrogens (tertiary/aromatic N) is 1. The van der Waals surface area contributed by atoms with Crippen LogP contribution in [0.3, 0.4) is 0 Å². The zero-order valence-corrected chi connectivity index (χ0v) is 17.9. The third-order valence-corrected chi connectivity index (χ3v) is 5.50. The second-order valence-electron chi connectivity index (χ2n) is 8.25. The predicted molar refractivity (Wildman–Crippen MR) is 115 cm³/mol. The van der Waals surface area contributed by atoms with Gasteiger partial charge in [-0.1, -0.05) is 54.3 Å². The second kappa shape index (κ2) is 8.98. The van der Waals surface area contributed by atoms with E-state index in [0.29, 0.717) is 6.61 Å². The number of hydrogen-bond donors (Lipinski definition) is 1. The number of nitro benzene ring substituents is 1. The van der Waals surface area contributed by atoms with E-state index >= 15 is 0 Å². The van der Waals surface area contributed by atoms with Crippen molar-refractivity contribution >= 4 is 5.69 Å². The Hall–Kier alpha value is -2.80. The summed E-state index contributed by atoms with van der Waals surface area (Å²) in [6.07, 6.45) is -1.99. The van der Waals surface area contributed by atoms with Gasteiger partial charge in [-0.25, -0.2) is 0 Å². The van der Waals surface area contributed by atoms with E-state index in [1.54, 1.807) is 32.0 Å². The molecule has 0 saturated carbocycles. The molecule has 2 aromatic carbocycles. The second-order valence-corrected chi connectivity index (χ2v) is 8.25. The first-order valence-corrected chi connectivity index (χ1v) is 10.4. The van der Waals surface area contributed by atoms with Gasteiger partial charge < -0.3 is 24.1 Å². The van der Waals surface area contributed by atoms with Crippen molar-refractivity contribution in [2.75, 3.05) is 13.2 Å². The van der Waals surface area contributed by atoms with E-state index in [0.717, 1.165) is 5.56 Å². The number of para-hydroxylation sites is 1. The van der Waals surface area contributed by atoms with E-state index in [1.165, 1.54) is 6.07 Å². The number of aliphatic hydroxyl groups excluding tert-OH is 1. The summed E-state index contributed by atoms with van der Waals surface area (Å²) in [5, 5.41) is 21.6. The monoisotopic (exact) mass is 439 g/mol. The van der Waals surface area contributed by atoms with Crippen LogP contribution in [0.25, 0.3) is 0 Å². The van der Waals surface area contributed by atoms with Crippen LogP contribution in [0, 0.1) is 22.0 Å². The van der Waals surface area contributed by atoms with Crippen molar-refractivity contribution in [2.45, 2.75) is 50.2 Å². The Balaban J connectivity index is 1.57. The third kappa shape index (κ3) is 4.39. The van der Waals surface area contributed by atoms with Gasteiger partial charge in [0.15, 0.2) is 17.5 Å². The van der Waals surface area contributed by atoms with E-state index in [-0.39, 0.29) is 24.5 Å². The van der Waals surface area contributed by atoms with Crippen molar-refractivity contribution in [3.05, 3.63) is 75.8 Å². The highest BCUT2D eigenvalue weighted by atomic mass is 16.8.